The van der Waals surface area contributed by atoms with Crippen LogP contribution in [0.1, 0.15) is 43.4 Å². The Balaban J connectivity index is 2.29. The predicted octanol–water partition coefficient (Wildman–Crippen LogP) is 3.06. The van der Waals surface area contributed by atoms with E-state index in [9.17, 15) is 4.79 Å². The monoisotopic (exact) mass is 215 g/mol. The molecule has 2 heteroatoms. The van der Waals surface area contributed by atoms with Gasteiger partial charge < -0.3 is 5.32 Å². The molecule has 1 aliphatic heterocycles. The van der Waals surface area contributed by atoms with Crippen LogP contribution in [0.2, 0.25) is 0 Å². The third-order valence-corrected chi connectivity index (χ3v) is 2.95. The number of hydrogen-bond donors (Lipinski definition) is 1. The van der Waals surface area contributed by atoms with E-state index in [1.165, 1.54) is 5.56 Å². The van der Waals surface area contributed by atoms with Gasteiger partial charge >= 0.3 is 0 Å². The minimum absolute atomic E-state index is 0.0114. The Morgan fingerprint density at radius 3 is 2.88 bits per heavy atom. The van der Waals surface area contributed by atoms with Crippen LogP contribution in [-0.2, 0) is 4.79 Å². The summed E-state index contributed by atoms with van der Waals surface area (Å²) in [5.74, 6) is 0.0114. The van der Waals surface area contributed by atoms with E-state index in [4.69, 9.17) is 0 Å². The molecule has 1 heterocycles. The Morgan fingerprint density at radius 2 is 2.06 bits per heavy atom. The first-order chi connectivity index (χ1) is 7.81. The third kappa shape index (κ3) is 2.32. The summed E-state index contributed by atoms with van der Waals surface area (Å²) in [4.78, 5) is 11.5. The number of benzene rings is 1. The average molecular weight is 215 g/mol. The topological polar surface area (TPSA) is 29.1 Å². The Kier molecular flexibility index (Phi) is 3.40. The molecule has 0 fully saturated rings. The van der Waals surface area contributed by atoms with Crippen LogP contribution in [0.3, 0.4) is 0 Å². The number of unbranched alkanes of at least 4 members (excludes halogenated alkanes) is 1. The minimum atomic E-state index is 0.0114. The fourth-order valence-corrected chi connectivity index (χ4v) is 2.08. The molecule has 0 radical (unpaired) electrons. The lowest BCUT2D eigenvalue weighted by atomic mass is 9.97. The lowest BCUT2D eigenvalue weighted by Crippen LogP contribution is -2.25. The van der Waals surface area contributed by atoms with Gasteiger partial charge in [0.15, 0.2) is 0 Å². The fourth-order valence-electron chi connectivity index (χ4n) is 2.08. The van der Waals surface area contributed by atoms with Gasteiger partial charge in [-0.15, -0.1) is 0 Å². The van der Waals surface area contributed by atoms with E-state index < -0.39 is 0 Å². The van der Waals surface area contributed by atoms with Crippen LogP contribution in [0.4, 0.5) is 0 Å². The number of fused-ring (bicyclic) bond motifs is 1. The minimum Gasteiger partial charge on any atom is -0.346 e. The van der Waals surface area contributed by atoms with Crippen LogP contribution in [-0.4, -0.2) is 5.91 Å². The highest BCUT2D eigenvalue weighted by molar-refractivity contribution is 5.93. The maximum atomic E-state index is 11.5. The van der Waals surface area contributed by atoms with Crippen molar-refractivity contribution in [3.05, 3.63) is 41.5 Å². The smallest absolute Gasteiger partial charge is 0.244 e. The summed E-state index contributed by atoms with van der Waals surface area (Å²) in [6, 6.07) is 8.37. The van der Waals surface area contributed by atoms with Gasteiger partial charge in [-0.1, -0.05) is 44.0 Å². The molecule has 0 bridgehead atoms. The van der Waals surface area contributed by atoms with E-state index in [0.29, 0.717) is 0 Å². The molecule has 2 nitrogen and oxygen atoms in total. The van der Waals surface area contributed by atoms with Crippen molar-refractivity contribution >= 4 is 12.0 Å². The molecule has 0 spiro atoms. The Morgan fingerprint density at radius 1 is 1.25 bits per heavy atom. The maximum Gasteiger partial charge on any atom is 0.244 e. The lowest BCUT2D eigenvalue weighted by molar-refractivity contribution is -0.117. The van der Waals surface area contributed by atoms with Crippen LogP contribution < -0.4 is 5.32 Å². The fraction of sp³-hybridized carbons (Fsp3) is 0.357. The van der Waals surface area contributed by atoms with Gasteiger partial charge in [0.2, 0.25) is 5.91 Å². The van der Waals surface area contributed by atoms with Crippen LogP contribution in [0.5, 0.6) is 0 Å². The molecule has 1 aliphatic rings. The molecule has 1 atom stereocenters. The number of rotatable bonds is 3. The van der Waals surface area contributed by atoms with Crippen LogP contribution in [0.25, 0.3) is 6.08 Å². The van der Waals surface area contributed by atoms with E-state index in [-0.39, 0.29) is 11.9 Å². The molecular formula is C14H17NO. The number of carbonyl (C=O) groups is 1. The van der Waals surface area contributed by atoms with E-state index in [2.05, 4.69) is 24.4 Å². The summed E-state index contributed by atoms with van der Waals surface area (Å²) < 4.78 is 0. The highest BCUT2D eigenvalue weighted by Gasteiger charge is 2.17. The first-order valence-electron chi connectivity index (χ1n) is 5.88. The largest absolute Gasteiger partial charge is 0.346 e. The zero-order chi connectivity index (χ0) is 11.4. The number of amides is 1. The molecule has 0 aliphatic carbocycles. The van der Waals surface area contributed by atoms with Crippen molar-refractivity contribution < 1.29 is 4.79 Å². The number of carbonyl (C=O) groups excluding carboxylic acids is 1. The van der Waals surface area contributed by atoms with Crippen molar-refractivity contribution in [3.63, 3.8) is 0 Å². The zero-order valence-electron chi connectivity index (χ0n) is 9.57. The second kappa shape index (κ2) is 4.97. The summed E-state index contributed by atoms with van der Waals surface area (Å²) in [6.45, 7) is 2.17. The van der Waals surface area contributed by atoms with Crippen LogP contribution in [0, 0.1) is 0 Å². The summed E-state index contributed by atoms with van der Waals surface area (Å²) in [6.07, 6.45) is 6.82. The number of nitrogens with one attached hydrogen (secondary N) is 1. The summed E-state index contributed by atoms with van der Waals surface area (Å²) >= 11 is 0. The summed E-state index contributed by atoms with van der Waals surface area (Å²) in [5.41, 5.74) is 2.39. The maximum absolute atomic E-state index is 11.5. The van der Waals surface area contributed by atoms with Crippen LogP contribution >= 0.6 is 0 Å². The van der Waals surface area contributed by atoms with Gasteiger partial charge in [-0.2, -0.15) is 0 Å². The van der Waals surface area contributed by atoms with Gasteiger partial charge in [-0.05, 0) is 23.6 Å². The Hall–Kier alpha value is -1.57. The normalized spacial score (nSPS) is 18.8. The molecule has 1 amide bonds. The van der Waals surface area contributed by atoms with Crippen molar-refractivity contribution in [1.82, 2.24) is 5.32 Å². The van der Waals surface area contributed by atoms with Gasteiger partial charge in [0.05, 0.1) is 6.04 Å². The summed E-state index contributed by atoms with van der Waals surface area (Å²) in [7, 11) is 0. The van der Waals surface area contributed by atoms with Crippen molar-refractivity contribution in [3.8, 4) is 0 Å². The highest BCUT2D eigenvalue weighted by atomic mass is 16.1. The third-order valence-electron chi connectivity index (χ3n) is 2.95. The predicted molar refractivity (Wildman–Crippen MR) is 65.9 cm³/mol. The van der Waals surface area contributed by atoms with Gasteiger partial charge in [0, 0.05) is 6.08 Å². The van der Waals surface area contributed by atoms with Gasteiger partial charge in [0.25, 0.3) is 0 Å². The standard InChI is InChI=1S/C14H17NO/c1-2-3-8-13-12-7-5-4-6-11(12)9-10-14(16)15-13/h4-7,9-10,13H,2-3,8H2,1H3,(H,15,16)/t13-/m1/s1. The van der Waals surface area contributed by atoms with E-state index in [1.54, 1.807) is 6.08 Å². The van der Waals surface area contributed by atoms with Crippen LogP contribution in [0.15, 0.2) is 30.3 Å². The quantitative estimate of drug-likeness (QED) is 0.825. The first-order valence-corrected chi connectivity index (χ1v) is 5.88. The molecule has 0 saturated heterocycles. The molecule has 0 aromatic heterocycles. The second-order valence-electron chi connectivity index (χ2n) is 4.17. The van der Waals surface area contributed by atoms with Crippen molar-refractivity contribution in [2.75, 3.05) is 0 Å². The van der Waals surface area contributed by atoms with Gasteiger partial charge in [-0.25, -0.2) is 0 Å². The van der Waals surface area contributed by atoms with E-state index in [1.807, 2.05) is 18.2 Å². The molecule has 1 aromatic rings. The molecule has 0 saturated carbocycles. The molecule has 16 heavy (non-hydrogen) atoms. The SMILES string of the molecule is CCCC[C@H]1NC(=O)C=Cc2ccccc21. The molecule has 0 unspecified atom stereocenters. The second-order valence-corrected chi connectivity index (χ2v) is 4.17. The molecule has 84 valence electrons. The van der Waals surface area contributed by atoms with E-state index in [0.717, 1.165) is 24.8 Å². The van der Waals surface area contributed by atoms with Gasteiger partial charge in [0.1, 0.15) is 0 Å². The first kappa shape index (κ1) is 10.9. The Bertz CT molecular complexity index is 409. The lowest BCUT2D eigenvalue weighted by Gasteiger charge is -2.18. The molecule has 2 rings (SSSR count). The van der Waals surface area contributed by atoms with Crippen molar-refractivity contribution in [2.24, 2.45) is 0 Å². The van der Waals surface area contributed by atoms with Gasteiger partial charge in [-0.3, -0.25) is 4.79 Å². The molecular weight excluding hydrogens is 198 g/mol. The zero-order valence-corrected chi connectivity index (χ0v) is 9.57. The summed E-state index contributed by atoms with van der Waals surface area (Å²) in [5, 5.41) is 3.04. The average Bonchev–Trinajstić information content (AvgIpc) is 2.47. The van der Waals surface area contributed by atoms with Crippen molar-refractivity contribution in [1.29, 1.82) is 0 Å². The molecule has 1 N–H and O–H groups in total. The van der Waals surface area contributed by atoms with Crippen molar-refractivity contribution in [2.45, 2.75) is 32.2 Å². The highest BCUT2D eigenvalue weighted by Crippen LogP contribution is 2.25. The molecule has 1 aromatic carbocycles. The number of hydrogen-bond acceptors (Lipinski definition) is 1. The van der Waals surface area contributed by atoms with E-state index >= 15 is 0 Å². The Labute approximate surface area is 96.4 Å².